The van der Waals surface area contributed by atoms with Crippen molar-refractivity contribution in [2.45, 2.75) is 225 Å². The van der Waals surface area contributed by atoms with E-state index in [1.54, 1.807) is 69.5 Å². The van der Waals surface area contributed by atoms with E-state index in [4.69, 9.17) is 117 Å². The van der Waals surface area contributed by atoms with Crippen LogP contribution in [0, 0.1) is 0 Å². The van der Waals surface area contributed by atoms with Crippen LogP contribution in [-0.4, -0.2) is 234 Å². The maximum absolute atomic E-state index is 13.6. The number of nitrogens with one attached hydrogen (secondary N) is 4. The summed E-state index contributed by atoms with van der Waals surface area (Å²) in [5.41, 5.74) is 11.6. The Labute approximate surface area is 832 Å². The first-order valence-corrected chi connectivity index (χ1v) is 52.4. The van der Waals surface area contributed by atoms with Crippen molar-refractivity contribution in [1.82, 2.24) is 68.7 Å². The Kier molecular flexibility index (Phi) is 33.4. The molecule has 0 spiro atoms. The molecule has 37 nitrogen and oxygen atoms in total. The van der Waals surface area contributed by atoms with Crippen LogP contribution < -0.4 is 50.2 Å². The molecule has 5 fully saturated rings. The Bertz CT molecular complexity index is 6240. The number of rotatable bonds is 36. The second kappa shape index (κ2) is 45.0. The van der Waals surface area contributed by atoms with Crippen molar-refractivity contribution in [2.24, 2.45) is 0 Å². The summed E-state index contributed by atoms with van der Waals surface area (Å²) in [6, 6.07) is 54.1. The zero-order valence-electron chi connectivity index (χ0n) is 80.5. The summed E-state index contributed by atoms with van der Waals surface area (Å²) in [6.07, 6.45) is 4.71. The molecular weight excluding hydrogens is 1920 g/mol. The number of nitrogens with zero attached hydrogens (tertiary/aromatic N) is 12. The number of aliphatic hydroxyl groups excluding tert-OH is 4. The first kappa shape index (κ1) is 105. The zero-order valence-corrected chi connectivity index (χ0v) is 84.6. The van der Waals surface area contributed by atoms with E-state index in [2.05, 4.69) is 70.0 Å². The minimum absolute atomic E-state index is 0.0217. The number of aromatic nitrogens is 12. The SMILES string of the molecule is CCOc1nc(N)nc2c1ncn2[C@@H]1O[C@H](COP(C)(=O)N[C@@H](C)C(=O)OC2CCCCC2)[C@@H](O)[C@@]1(C)Cl.CCOc1nc(NC(c2ccccc2)(c2ccccc2)c2ccc(OC)cc2)nc2c1ncn2[C@@H]1O[C@H](CO)[C@@H](O)[C@@]1(C)Cl.CCOc1nc(NC(c2ccccc2)(c2ccccc2)c2ccc(OC)cc2)nc2c1ncn2[C@@H]1O[C@H](COP(C)(=O)N[C@@H](C)C(=O)OC2CCCCC2)[C@@H](O)[C@@]1(C)Cl. The number of anilines is 3. The number of benzene rings is 6. The molecule has 0 bridgehead atoms. The first-order valence-electron chi connectivity index (χ1n) is 47.2. The van der Waals surface area contributed by atoms with Gasteiger partial charge in [-0.15, -0.1) is 34.8 Å². The van der Waals surface area contributed by atoms with Crippen LogP contribution >= 0.6 is 49.8 Å². The molecule has 42 heteroatoms. The number of halogens is 3. The Morgan fingerprint density at radius 3 is 1.06 bits per heavy atom. The second-order valence-corrected chi connectivity index (χ2v) is 42.8. The minimum atomic E-state index is -3.57. The third-order valence-electron chi connectivity index (χ3n) is 25.8. The number of methoxy groups -OCH3 is 2. The number of esters is 2. The predicted octanol–water partition coefficient (Wildman–Crippen LogP) is 15.2. The Balaban J connectivity index is 0.000000164. The zero-order chi connectivity index (χ0) is 100. The number of hydrogen-bond donors (Lipinski definition) is 9. The fourth-order valence-electron chi connectivity index (χ4n) is 18.5. The number of carbonyl (C=O) groups excluding carboxylic acids is 2. The van der Waals surface area contributed by atoms with Gasteiger partial charge < -0.3 is 93.2 Å². The monoisotopic (exact) mass is 2040 g/mol. The molecule has 754 valence electrons. The lowest BCUT2D eigenvalue weighted by Crippen LogP contribution is -2.40. The highest BCUT2D eigenvalue weighted by molar-refractivity contribution is 7.56. The van der Waals surface area contributed by atoms with Crippen LogP contribution in [-0.2, 0) is 62.5 Å². The molecule has 9 heterocycles. The van der Waals surface area contributed by atoms with E-state index in [0.29, 0.717) is 59.1 Å². The summed E-state index contributed by atoms with van der Waals surface area (Å²) in [4.78, 5) is 62.7. The molecule has 3 aliphatic heterocycles. The molecule has 0 radical (unpaired) electrons. The van der Waals surface area contributed by atoms with Gasteiger partial charge in [-0.05, 0) is 164 Å². The number of imidazole rings is 3. The number of alkyl halides is 3. The van der Waals surface area contributed by atoms with Crippen molar-refractivity contribution in [3.8, 4) is 29.1 Å². The number of carbonyl (C=O) groups is 2. The quantitative estimate of drug-likeness (QED) is 0.00762. The van der Waals surface area contributed by atoms with Crippen LogP contribution in [0.3, 0.4) is 0 Å². The summed E-state index contributed by atoms with van der Waals surface area (Å²) in [5.74, 6) is 1.65. The number of nitrogens with two attached hydrogens (primary N) is 1. The molecule has 12 aromatic rings. The Hall–Kier alpha value is -10.8. The average Bonchev–Trinajstić information content (AvgIpc) is 1.54. The summed E-state index contributed by atoms with van der Waals surface area (Å²) in [5, 5.41) is 56.0. The smallest absolute Gasteiger partial charge is 0.323 e. The maximum Gasteiger partial charge on any atom is 0.323 e. The van der Waals surface area contributed by atoms with Gasteiger partial charge in [-0.2, -0.15) is 29.9 Å². The van der Waals surface area contributed by atoms with Gasteiger partial charge in [0.2, 0.25) is 35.5 Å². The number of hydrogen-bond acceptors (Lipinski definition) is 32. The number of nitrogen functional groups attached to an aromatic ring is 1. The normalized spacial score (nSPS) is 24.1. The van der Waals surface area contributed by atoms with E-state index in [-0.39, 0.29) is 60.9 Å². The molecule has 0 amide bonds. The van der Waals surface area contributed by atoms with Crippen molar-refractivity contribution in [1.29, 1.82) is 0 Å². The van der Waals surface area contributed by atoms with E-state index in [9.17, 15) is 39.1 Å². The molecule has 3 saturated heterocycles. The van der Waals surface area contributed by atoms with Crippen LogP contribution in [0.5, 0.6) is 29.1 Å². The fraction of sp³-hybridized carbons (Fsp3) is 0.465. The molecule has 2 unspecified atom stereocenters. The summed E-state index contributed by atoms with van der Waals surface area (Å²) in [7, 11) is -3.78. The molecular formula is C99H122Cl3N17O20P2. The van der Waals surface area contributed by atoms with E-state index in [1.165, 1.54) is 32.3 Å². The second-order valence-electron chi connectivity index (χ2n) is 36.0. The number of fused-ring (bicyclic) bond motifs is 3. The third kappa shape index (κ3) is 22.7. The van der Waals surface area contributed by atoms with Crippen molar-refractivity contribution in [3.63, 3.8) is 0 Å². The predicted molar refractivity (Wildman–Crippen MR) is 532 cm³/mol. The largest absolute Gasteiger partial charge is 0.497 e. The molecule has 2 saturated carbocycles. The van der Waals surface area contributed by atoms with E-state index >= 15 is 0 Å². The lowest BCUT2D eigenvalue weighted by atomic mass is 9.77. The van der Waals surface area contributed by atoms with Crippen molar-refractivity contribution in [2.75, 3.05) is 83.6 Å². The lowest BCUT2D eigenvalue weighted by molar-refractivity contribution is -0.153. The molecule has 5 aliphatic rings. The average molecular weight is 2040 g/mol. The van der Waals surface area contributed by atoms with Gasteiger partial charge >= 0.3 is 11.9 Å². The van der Waals surface area contributed by atoms with E-state index < -0.39 is 127 Å². The van der Waals surface area contributed by atoms with Gasteiger partial charge in [0.25, 0.3) is 15.0 Å². The molecule has 141 heavy (non-hydrogen) atoms. The van der Waals surface area contributed by atoms with Crippen molar-refractivity contribution >= 4 is 113 Å². The molecule has 17 rings (SSSR count). The van der Waals surface area contributed by atoms with E-state index in [0.717, 1.165) is 103 Å². The third-order valence-corrected chi connectivity index (χ3v) is 30.0. The number of aliphatic hydroxyl groups is 4. The van der Waals surface area contributed by atoms with Crippen LogP contribution in [0.2, 0.25) is 0 Å². The van der Waals surface area contributed by atoms with Crippen molar-refractivity contribution in [3.05, 3.63) is 222 Å². The summed E-state index contributed by atoms with van der Waals surface area (Å²) < 4.78 is 101. The Morgan fingerprint density at radius 1 is 0.461 bits per heavy atom. The first-order chi connectivity index (χ1) is 67.6. The van der Waals surface area contributed by atoms with Crippen LogP contribution in [0.15, 0.2) is 189 Å². The molecule has 16 atom stereocenters. The fourth-order valence-corrected chi connectivity index (χ4v) is 22.0. The molecule has 6 aromatic carbocycles. The van der Waals surface area contributed by atoms with Gasteiger partial charge in [0.05, 0.1) is 72.8 Å². The lowest BCUT2D eigenvalue weighted by Gasteiger charge is -2.37. The number of ether oxygens (including phenoxy) is 10. The highest BCUT2D eigenvalue weighted by Gasteiger charge is 2.57. The standard InChI is InChI=1S/C43H52ClN6O8P.C33H34ClN5O5.C23H36ClN6O7P/c1-6-55-38-35-37(46-41(47-38)48-43(29-16-10-7-11-17-29,30-18-12-8-13-19-30)31-22-24-32(54-4)25-23-31)50(27-45-35)40-42(3,44)36(51)34(58-40)26-56-59(5,53)49-28(2)39(52)57-33-20-14-9-15-21-33;1-4-43-29-26-28(39(20-35-26)30-32(2,34)27(41)25(19-40)44-30)36-31(37-29)38-33(21-11-7-5-8-12-21,22-13-9-6-10-14-22)23-15-17-24(42-3)18-16-23;1-5-34-19-16-18(27-22(25)28-19)30(12-26-16)21-23(3,24)17(31)15(37-21)11-35-38(4,33)29-13(2)20(32)36-14-9-7-6-8-10-14/h7-8,10-13,16-19,22-25,27-28,33-34,36,40,51H,6,9,14-15,20-21,26H2,1-5H3,(H,49,53)(H,46,47,48);5-18,20,25,27,30,40-41H,4,19H2,1-3H3,(H,36,37,38);12-15,17,21,31H,5-11H2,1-4H3,(H,29,33)(H2,25,27,28)/t28-,34+,36+,40+,42+,59?;25-,27-,30-,32-;13-,15+,17+,21+,23+,38?/m010/s1. The maximum atomic E-state index is 13.6. The van der Waals surface area contributed by atoms with Gasteiger partial charge in [0.1, 0.15) is 98.1 Å². The van der Waals surface area contributed by atoms with Gasteiger partial charge in [0.15, 0.2) is 52.2 Å². The van der Waals surface area contributed by atoms with Crippen LogP contribution in [0.25, 0.3) is 33.5 Å². The summed E-state index contributed by atoms with van der Waals surface area (Å²) in [6.45, 7) is 16.4. The highest BCUT2D eigenvalue weighted by Crippen LogP contribution is 2.52. The highest BCUT2D eigenvalue weighted by atomic mass is 35.5. The molecule has 6 aromatic heterocycles. The van der Waals surface area contributed by atoms with Crippen molar-refractivity contribution < 1.29 is 95.6 Å². The molecule has 2 aliphatic carbocycles. The topological polar surface area (TPSA) is 465 Å². The summed E-state index contributed by atoms with van der Waals surface area (Å²) >= 11 is 20.7. The van der Waals surface area contributed by atoms with E-state index in [1.807, 2.05) is 159 Å². The van der Waals surface area contributed by atoms with Gasteiger partial charge in [0, 0.05) is 13.3 Å². The van der Waals surface area contributed by atoms with Crippen LogP contribution in [0.1, 0.15) is 172 Å². The van der Waals surface area contributed by atoms with Gasteiger partial charge in [-0.25, -0.2) is 25.1 Å². The molecule has 10 N–H and O–H groups in total. The van der Waals surface area contributed by atoms with Gasteiger partial charge in [-0.3, -0.25) is 32.4 Å². The van der Waals surface area contributed by atoms with Crippen LogP contribution in [0.4, 0.5) is 17.8 Å². The minimum Gasteiger partial charge on any atom is -0.497 e. The Morgan fingerprint density at radius 2 is 0.759 bits per heavy atom. The van der Waals surface area contributed by atoms with Gasteiger partial charge in [-0.1, -0.05) is 158 Å².